The molecule has 0 saturated heterocycles. The van der Waals surface area contributed by atoms with Gasteiger partial charge in [-0.15, -0.1) is 0 Å². The quantitative estimate of drug-likeness (QED) is 0.763. The van der Waals surface area contributed by atoms with E-state index in [0.29, 0.717) is 10.7 Å². The first kappa shape index (κ1) is 10.6. The molecule has 1 aromatic carbocycles. The maximum atomic E-state index is 13.0. The fourth-order valence-corrected chi connectivity index (χ4v) is 1.37. The van der Waals surface area contributed by atoms with Gasteiger partial charge in [-0.25, -0.2) is 4.39 Å². The predicted octanol–water partition coefficient (Wildman–Crippen LogP) is 3.95. The molecule has 1 N–H and O–H groups in total. The standard InChI is InChI=1S/C9H10Cl2FN/c1-2-3-13-9-5-8(12)6(10)4-7(9)11/h4-5,13H,2-3H2,1H3. The number of nitrogens with one attached hydrogen (secondary N) is 1. The van der Waals surface area contributed by atoms with E-state index in [1.54, 1.807) is 0 Å². The lowest BCUT2D eigenvalue weighted by Gasteiger charge is -2.07. The van der Waals surface area contributed by atoms with Gasteiger partial charge in [-0.1, -0.05) is 30.1 Å². The van der Waals surface area contributed by atoms with Crippen LogP contribution in [0.3, 0.4) is 0 Å². The predicted molar refractivity (Wildman–Crippen MR) is 55.2 cm³/mol. The fraction of sp³-hybridized carbons (Fsp3) is 0.333. The molecule has 0 aliphatic rings. The van der Waals surface area contributed by atoms with Gasteiger partial charge < -0.3 is 5.32 Å². The molecule has 0 aliphatic heterocycles. The first-order chi connectivity index (χ1) is 6.15. The normalized spacial score (nSPS) is 10.2. The van der Waals surface area contributed by atoms with Crippen LogP contribution in [0.5, 0.6) is 0 Å². The molecule has 0 spiro atoms. The lowest BCUT2D eigenvalue weighted by atomic mass is 10.3. The maximum absolute atomic E-state index is 13.0. The summed E-state index contributed by atoms with van der Waals surface area (Å²) in [5.74, 6) is -0.454. The van der Waals surface area contributed by atoms with Crippen LogP contribution in [0.1, 0.15) is 13.3 Å². The van der Waals surface area contributed by atoms with E-state index in [-0.39, 0.29) is 5.02 Å². The Hall–Kier alpha value is -0.470. The minimum absolute atomic E-state index is 0.0482. The van der Waals surface area contributed by atoms with Gasteiger partial charge in [0.1, 0.15) is 5.82 Å². The van der Waals surface area contributed by atoms with Crippen LogP contribution in [0.15, 0.2) is 12.1 Å². The van der Waals surface area contributed by atoms with Crippen molar-refractivity contribution in [1.82, 2.24) is 0 Å². The molecule has 0 atom stereocenters. The average Bonchev–Trinajstić information content (AvgIpc) is 2.09. The highest BCUT2D eigenvalue weighted by molar-refractivity contribution is 6.36. The zero-order valence-corrected chi connectivity index (χ0v) is 8.71. The van der Waals surface area contributed by atoms with Crippen molar-refractivity contribution in [2.45, 2.75) is 13.3 Å². The van der Waals surface area contributed by atoms with Crippen LogP contribution >= 0.6 is 23.2 Å². The summed E-state index contributed by atoms with van der Waals surface area (Å²) in [6.45, 7) is 2.79. The third-order valence-corrected chi connectivity index (χ3v) is 2.18. The first-order valence-electron chi connectivity index (χ1n) is 4.03. The Bertz CT molecular complexity index is 302. The molecule has 0 saturated carbocycles. The number of benzene rings is 1. The topological polar surface area (TPSA) is 12.0 Å². The Morgan fingerprint density at radius 2 is 2.00 bits per heavy atom. The molecule has 0 fully saturated rings. The molecule has 13 heavy (non-hydrogen) atoms. The molecule has 0 amide bonds. The Morgan fingerprint density at radius 1 is 1.31 bits per heavy atom. The summed E-state index contributed by atoms with van der Waals surface area (Å²) in [5.41, 5.74) is 0.588. The van der Waals surface area contributed by atoms with Crippen LogP contribution in [0.2, 0.25) is 10.0 Å². The number of rotatable bonds is 3. The number of halogens is 3. The molecule has 0 heterocycles. The second-order valence-corrected chi connectivity index (χ2v) is 3.49. The number of hydrogen-bond donors (Lipinski definition) is 1. The molecule has 0 aliphatic carbocycles. The monoisotopic (exact) mass is 221 g/mol. The third kappa shape index (κ3) is 2.75. The third-order valence-electron chi connectivity index (χ3n) is 1.58. The van der Waals surface area contributed by atoms with Crippen molar-refractivity contribution in [3.8, 4) is 0 Å². The van der Waals surface area contributed by atoms with Crippen LogP contribution in [0.4, 0.5) is 10.1 Å². The highest BCUT2D eigenvalue weighted by Gasteiger charge is 2.05. The van der Waals surface area contributed by atoms with Crippen molar-refractivity contribution in [3.05, 3.63) is 28.0 Å². The highest BCUT2D eigenvalue weighted by atomic mass is 35.5. The molecule has 1 nitrogen and oxygen atoms in total. The molecular formula is C9H10Cl2FN. The van der Waals surface area contributed by atoms with Crippen LogP contribution in [-0.2, 0) is 0 Å². The summed E-state index contributed by atoms with van der Waals surface area (Å²) >= 11 is 11.4. The van der Waals surface area contributed by atoms with Crippen LogP contribution in [0.25, 0.3) is 0 Å². The summed E-state index contributed by atoms with van der Waals surface area (Å²) < 4.78 is 13.0. The van der Waals surface area contributed by atoms with Gasteiger partial charge in [0.05, 0.1) is 15.7 Å². The molecule has 72 valence electrons. The van der Waals surface area contributed by atoms with E-state index in [4.69, 9.17) is 23.2 Å². The molecule has 4 heteroatoms. The minimum atomic E-state index is -0.454. The summed E-state index contributed by atoms with van der Waals surface area (Å²) in [7, 11) is 0. The Kier molecular flexibility index (Phi) is 3.82. The zero-order chi connectivity index (χ0) is 9.84. The van der Waals surface area contributed by atoms with Gasteiger partial charge in [0, 0.05) is 12.6 Å². The van der Waals surface area contributed by atoms with Gasteiger partial charge in [-0.3, -0.25) is 0 Å². The van der Waals surface area contributed by atoms with Crippen molar-refractivity contribution in [2.24, 2.45) is 0 Å². The molecule has 0 bridgehead atoms. The Balaban J connectivity index is 2.88. The SMILES string of the molecule is CCCNc1cc(F)c(Cl)cc1Cl. The van der Waals surface area contributed by atoms with E-state index in [1.807, 2.05) is 6.92 Å². The van der Waals surface area contributed by atoms with E-state index >= 15 is 0 Å². The smallest absolute Gasteiger partial charge is 0.143 e. The second-order valence-electron chi connectivity index (χ2n) is 2.67. The summed E-state index contributed by atoms with van der Waals surface area (Å²) in [5, 5.41) is 3.49. The summed E-state index contributed by atoms with van der Waals surface area (Å²) in [6.07, 6.45) is 0.959. The summed E-state index contributed by atoms with van der Waals surface area (Å²) in [6, 6.07) is 2.71. The molecule has 1 rings (SSSR count). The molecule has 0 aromatic heterocycles. The molecule has 0 radical (unpaired) electrons. The van der Waals surface area contributed by atoms with Gasteiger partial charge in [0.25, 0.3) is 0 Å². The largest absolute Gasteiger partial charge is 0.384 e. The van der Waals surface area contributed by atoms with E-state index < -0.39 is 5.82 Å². The number of anilines is 1. The van der Waals surface area contributed by atoms with E-state index in [0.717, 1.165) is 13.0 Å². The molecular weight excluding hydrogens is 212 g/mol. The van der Waals surface area contributed by atoms with Crippen LogP contribution < -0.4 is 5.32 Å². The van der Waals surface area contributed by atoms with E-state index in [2.05, 4.69) is 5.32 Å². The molecule has 1 aromatic rings. The van der Waals surface area contributed by atoms with Gasteiger partial charge in [-0.2, -0.15) is 0 Å². The van der Waals surface area contributed by atoms with Gasteiger partial charge in [0.15, 0.2) is 0 Å². The van der Waals surface area contributed by atoms with E-state index in [1.165, 1.54) is 12.1 Å². The highest BCUT2D eigenvalue weighted by Crippen LogP contribution is 2.27. The van der Waals surface area contributed by atoms with Gasteiger partial charge in [-0.05, 0) is 12.5 Å². The number of hydrogen-bond acceptors (Lipinski definition) is 1. The summed E-state index contributed by atoms with van der Waals surface area (Å²) in [4.78, 5) is 0. The van der Waals surface area contributed by atoms with Crippen LogP contribution in [0, 0.1) is 5.82 Å². The minimum Gasteiger partial charge on any atom is -0.384 e. The van der Waals surface area contributed by atoms with Crippen molar-refractivity contribution >= 4 is 28.9 Å². The average molecular weight is 222 g/mol. The Labute approximate surface area is 86.8 Å². The fourth-order valence-electron chi connectivity index (χ4n) is 0.918. The van der Waals surface area contributed by atoms with Crippen molar-refractivity contribution < 1.29 is 4.39 Å². The maximum Gasteiger partial charge on any atom is 0.143 e. The van der Waals surface area contributed by atoms with Crippen molar-refractivity contribution in [2.75, 3.05) is 11.9 Å². The molecule has 0 unspecified atom stereocenters. The van der Waals surface area contributed by atoms with Crippen molar-refractivity contribution in [1.29, 1.82) is 0 Å². The second kappa shape index (κ2) is 4.68. The zero-order valence-electron chi connectivity index (χ0n) is 7.20. The lowest BCUT2D eigenvalue weighted by Crippen LogP contribution is -2.00. The van der Waals surface area contributed by atoms with Gasteiger partial charge in [0.2, 0.25) is 0 Å². The van der Waals surface area contributed by atoms with Crippen LogP contribution in [-0.4, -0.2) is 6.54 Å². The first-order valence-corrected chi connectivity index (χ1v) is 4.79. The lowest BCUT2D eigenvalue weighted by molar-refractivity contribution is 0.628. The van der Waals surface area contributed by atoms with Gasteiger partial charge >= 0.3 is 0 Å². The Morgan fingerprint density at radius 3 is 2.62 bits per heavy atom. The van der Waals surface area contributed by atoms with Crippen molar-refractivity contribution in [3.63, 3.8) is 0 Å². The van der Waals surface area contributed by atoms with E-state index in [9.17, 15) is 4.39 Å².